The van der Waals surface area contributed by atoms with Crippen molar-refractivity contribution in [1.29, 1.82) is 0 Å². The van der Waals surface area contributed by atoms with Gasteiger partial charge in [-0.15, -0.1) is 11.8 Å². The Morgan fingerprint density at radius 1 is 1.38 bits per heavy atom. The molecule has 0 bridgehead atoms. The molecule has 4 rings (SSSR count). The Bertz CT molecular complexity index is 661. The highest BCUT2D eigenvalue weighted by atomic mass is 32.2. The van der Waals surface area contributed by atoms with Crippen molar-refractivity contribution in [2.75, 3.05) is 19.6 Å². The van der Waals surface area contributed by atoms with Gasteiger partial charge in [0.1, 0.15) is 0 Å². The molecular weight excluding hydrogens is 292 g/mol. The molecule has 3 aliphatic rings. The number of benzene rings is 1. The van der Waals surface area contributed by atoms with Gasteiger partial charge in [0, 0.05) is 19.0 Å². The Labute approximate surface area is 125 Å². The molecule has 0 radical (unpaired) electrons. The number of rotatable bonds is 0. The molecule has 0 aliphatic carbocycles. The molecule has 1 fully saturated rings. The van der Waals surface area contributed by atoms with Crippen molar-refractivity contribution in [2.45, 2.75) is 18.6 Å². The van der Waals surface area contributed by atoms with Crippen LogP contribution in [0.1, 0.15) is 16.8 Å². The number of thioether (sulfide) groups is 1. The SMILES string of the molecule is CSC1=Nc2cc3c(cc2C(=O)N2CC(O)CC12)OCO3. The van der Waals surface area contributed by atoms with Crippen molar-refractivity contribution in [3.8, 4) is 11.5 Å². The number of aliphatic hydroxyl groups excluding tert-OH is 1. The maximum atomic E-state index is 12.8. The molecule has 3 aliphatic heterocycles. The van der Waals surface area contributed by atoms with Gasteiger partial charge in [-0.1, -0.05) is 0 Å². The lowest BCUT2D eigenvalue weighted by Gasteiger charge is -2.22. The molecule has 6 nitrogen and oxygen atoms in total. The van der Waals surface area contributed by atoms with Gasteiger partial charge in [0.15, 0.2) is 11.5 Å². The first-order valence-electron chi connectivity index (χ1n) is 6.72. The van der Waals surface area contributed by atoms with Gasteiger partial charge in [0.05, 0.1) is 28.4 Å². The lowest BCUT2D eigenvalue weighted by atomic mass is 10.1. The van der Waals surface area contributed by atoms with Crippen molar-refractivity contribution in [3.05, 3.63) is 17.7 Å². The molecule has 2 atom stereocenters. The van der Waals surface area contributed by atoms with Crippen molar-refractivity contribution >= 4 is 28.4 Å². The molecule has 110 valence electrons. The number of aliphatic imine (C=N–C) groups is 1. The average molecular weight is 306 g/mol. The minimum absolute atomic E-state index is 0.113. The van der Waals surface area contributed by atoms with Crippen LogP contribution in [0.4, 0.5) is 5.69 Å². The van der Waals surface area contributed by atoms with E-state index in [2.05, 4.69) is 4.99 Å². The zero-order valence-electron chi connectivity index (χ0n) is 11.4. The summed E-state index contributed by atoms with van der Waals surface area (Å²) in [7, 11) is 0. The van der Waals surface area contributed by atoms with Crippen LogP contribution in [-0.2, 0) is 0 Å². The van der Waals surface area contributed by atoms with Crippen LogP contribution in [0.5, 0.6) is 11.5 Å². The molecule has 3 heterocycles. The fraction of sp³-hybridized carbons (Fsp3) is 0.429. The summed E-state index contributed by atoms with van der Waals surface area (Å²) in [6.45, 7) is 0.507. The topological polar surface area (TPSA) is 71.4 Å². The van der Waals surface area contributed by atoms with Gasteiger partial charge < -0.3 is 19.5 Å². The zero-order chi connectivity index (χ0) is 14.6. The molecule has 1 amide bonds. The summed E-state index contributed by atoms with van der Waals surface area (Å²) in [5.41, 5.74) is 1.11. The summed E-state index contributed by atoms with van der Waals surface area (Å²) in [4.78, 5) is 19.1. The largest absolute Gasteiger partial charge is 0.454 e. The second kappa shape index (κ2) is 4.64. The van der Waals surface area contributed by atoms with E-state index >= 15 is 0 Å². The number of nitrogens with zero attached hydrogens (tertiary/aromatic N) is 2. The molecule has 1 aromatic carbocycles. The van der Waals surface area contributed by atoms with E-state index in [1.165, 1.54) is 11.8 Å². The van der Waals surface area contributed by atoms with Gasteiger partial charge in [-0.3, -0.25) is 4.79 Å². The summed E-state index contributed by atoms with van der Waals surface area (Å²) >= 11 is 1.51. The van der Waals surface area contributed by atoms with Crippen LogP contribution in [-0.4, -0.2) is 52.7 Å². The van der Waals surface area contributed by atoms with Gasteiger partial charge in [-0.2, -0.15) is 0 Å². The number of carbonyl (C=O) groups excluding carboxylic acids is 1. The maximum absolute atomic E-state index is 12.8. The van der Waals surface area contributed by atoms with Crippen molar-refractivity contribution in [3.63, 3.8) is 0 Å². The van der Waals surface area contributed by atoms with E-state index in [4.69, 9.17) is 9.47 Å². The van der Waals surface area contributed by atoms with E-state index in [1.807, 2.05) is 6.26 Å². The van der Waals surface area contributed by atoms with Crippen LogP contribution in [0.15, 0.2) is 17.1 Å². The van der Waals surface area contributed by atoms with E-state index in [-0.39, 0.29) is 18.7 Å². The second-order valence-corrected chi connectivity index (χ2v) is 6.07. The molecule has 0 saturated carbocycles. The van der Waals surface area contributed by atoms with Crippen LogP contribution < -0.4 is 9.47 Å². The van der Waals surface area contributed by atoms with Crippen LogP contribution >= 0.6 is 11.8 Å². The normalized spacial score (nSPS) is 26.3. The summed E-state index contributed by atoms with van der Waals surface area (Å²) in [5.74, 6) is 1.08. The Hall–Kier alpha value is -1.73. The van der Waals surface area contributed by atoms with Gasteiger partial charge in [-0.25, -0.2) is 4.99 Å². The summed E-state index contributed by atoms with van der Waals surface area (Å²) in [6, 6.07) is 3.30. The predicted molar refractivity (Wildman–Crippen MR) is 78.6 cm³/mol. The van der Waals surface area contributed by atoms with Gasteiger partial charge >= 0.3 is 0 Å². The lowest BCUT2D eigenvalue weighted by molar-refractivity contribution is 0.0749. The standard InChI is InChI=1S/C14H14N2O4S/c1-21-13-10-2-7(17)5-16(10)14(18)8-3-11-12(20-6-19-11)4-9(8)15-13/h3-4,7,10,17H,2,5-6H2,1H3. The van der Waals surface area contributed by atoms with Crippen LogP contribution in [0.2, 0.25) is 0 Å². The molecule has 1 N–H and O–H groups in total. The number of hydrogen-bond donors (Lipinski definition) is 1. The maximum Gasteiger partial charge on any atom is 0.256 e. The lowest BCUT2D eigenvalue weighted by Crippen LogP contribution is -2.38. The van der Waals surface area contributed by atoms with Crippen molar-refractivity contribution in [2.24, 2.45) is 4.99 Å². The van der Waals surface area contributed by atoms with Gasteiger partial charge in [-0.05, 0) is 12.3 Å². The third-order valence-corrected chi connectivity index (χ3v) is 4.77. The number of hydrogen-bond acceptors (Lipinski definition) is 6. The number of carbonyl (C=O) groups is 1. The Balaban J connectivity index is 1.87. The van der Waals surface area contributed by atoms with Crippen LogP contribution in [0.3, 0.4) is 0 Å². The molecule has 0 spiro atoms. The number of ether oxygens (including phenoxy) is 2. The fourth-order valence-corrected chi connectivity index (χ4v) is 3.68. The smallest absolute Gasteiger partial charge is 0.256 e. The first kappa shape index (κ1) is 13.0. The van der Waals surface area contributed by atoms with E-state index < -0.39 is 6.10 Å². The van der Waals surface area contributed by atoms with Crippen LogP contribution in [0.25, 0.3) is 0 Å². The number of fused-ring (bicyclic) bond motifs is 3. The molecule has 21 heavy (non-hydrogen) atoms. The summed E-state index contributed by atoms with van der Waals surface area (Å²) < 4.78 is 10.7. The molecule has 1 saturated heterocycles. The molecular formula is C14H14N2O4S. The second-order valence-electron chi connectivity index (χ2n) is 5.24. The van der Waals surface area contributed by atoms with Crippen molar-refractivity contribution < 1.29 is 19.4 Å². The highest BCUT2D eigenvalue weighted by molar-refractivity contribution is 8.13. The average Bonchev–Trinajstić information content (AvgIpc) is 3.06. The third kappa shape index (κ3) is 1.91. The predicted octanol–water partition coefficient (Wildman–Crippen LogP) is 1.40. The van der Waals surface area contributed by atoms with Crippen molar-refractivity contribution in [1.82, 2.24) is 4.90 Å². The minimum Gasteiger partial charge on any atom is -0.454 e. The van der Waals surface area contributed by atoms with Crippen LogP contribution in [0, 0.1) is 0 Å². The summed E-state index contributed by atoms with van der Waals surface area (Å²) in [5, 5.41) is 10.7. The summed E-state index contributed by atoms with van der Waals surface area (Å²) in [6.07, 6.45) is 1.97. The fourth-order valence-electron chi connectivity index (χ4n) is 3.00. The first-order valence-corrected chi connectivity index (χ1v) is 7.95. The van der Waals surface area contributed by atoms with E-state index in [0.29, 0.717) is 35.7 Å². The number of amides is 1. The third-order valence-electron chi connectivity index (χ3n) is 3.99. The van der Waals surface area contributed by atoms with E-state index in [1.54, 1.807) is 17.0 Å². The Morgan fingerprint density at radius 3 is 2.90 bits per heavy atom. The van der Waals surface area contributed by atoms with E-state index in [9.17, 15) is 9.90 Å². The molecule has 2 unspecified atom stereocenters. The molecule has 0 aromatic heterocycles. The van der Waals surface area contributed by atoms with E-state index in [0.717, 1.165) is 5.04 Å². The minimum atomic E-state index is -0.494. The highest BCUT2D eigenvalue weighted by Gasteiger charge is 2.40. The zero-order valence-corrected chi connectivity index (χ0v) is 12.2. The molecule has 7 heteroatoms. The Morgan fingerprint density at radius 2 is 2.14 bits per heavy atom. The molecule has 1 aromatic rings. The van der Waals surface area contributed by atoms with Gasteiger partial charge in [0.25, 0.3) is 5.91 Å². The van der Waals surface area contributed by atoms with Gasteiger partial charge in [0.2, 0.25) is 6.79 Å². The Kier molecular flexibility index (Phi) is 2.87. The first-order chi connectivity index (χ1) is 10.2. The quantitative estimate of drug-likeness (QED) is 0.784. The number of aliphatic hydroxyl groups is 1. The highest BCUT2D eigenvalue weighted by Crippen LogP contribution is 2.41. The monoisotopic (exact) mass is 306 g/mol.